The summed E-state index contributed by atoms with van der Waals surface area (Å²) in [4.78, 5) is 10.9. The molecule has 0 radical (unpaired) electrons. The second-order valence-electron chi connectivity index (χ2n) is 2.52. The van der Waals surface area contributed by atoms with Crippen LogP contribution in [0.4, 0.5) is 0 Å². The fraction of sp³-hybridized carbons (Fsp3) is 0.571. The van der Waals surface area contributed by atoms with Gasteiger partial charge in [-0.1, -0.05) is 13.5 Å². The van der Waals surface area contributed by atoms with Crippen LogP contribution < -0.4 is 0 Å². The first kappa shape index (κ1) is 12.1. The lowest BCUT2D eigenvalue weighted by Crippen LogP contribution is -2.20. The van der Waals surface area contributed by atoms with Gasteiger partial charge >= 0.3 is 16.1 Å². The van der Waals surface area contributed by atoms with Gasteiger partial charge in [-0.3, -0.25) is 0 Å². The van der Waals surface area contributed by atoms with E-state index in [1.54, 1.807) is 6.92 Å². The second-order valence-corrected chi connectivity index (χ2v) is 4.10. The van der Waals surface area contributed by atoms with Gasteiger partial charge in [-0.25, -0.2) is 4.79 Å². The topological polar surface area (TPSA) is 80.7 Å². The molecule has 0 saturated heterocycles. The van der Waals surface area contributed by atoms with Gasteiger partial charge in [0.25, 0.3) is 0 Å². The van der Waals surface area contributed by atoms with Crippen molar-refractivity contribution >= 4 is 16.1 Å². The number of aliphatic hydroxyl groups excluding tert-OH is 1. The maximum atomic E-state index is 10.9. The van der Waals surface area contributed by atoms with Crippen LogP contribution in [0.5, 0.6) is 0 Å². The van der Waals surface area contributed by atoms with E-state index in [2.05, 4.69) is 10.8 Å². The first-order valence-corrected chi connectivity index (χ1v) is 5.40. The van der Waals surface area contributed by atoms with Crippen molar-refractivity contribution in [2.75, 3.05) is 6.26 Å². The molecule has 6 heteroatoms. The van der Waals surface area contributed by atoms with E-state index < -0.39 is 22.2 Å². The van der Waals surface area contributed by atoms with Crippen molar-refractivity contribution in [3.8, 4) is 0 Å². The third-order valence-corrected chi connectivity index (χ3v) is 1.73. The van der Waals surface area contributed by atoms with Crippen LogP contribution in [-0.4, -0.2) is 31.9 Å². The molecular formula is C7H12O5S. The van der Waals surface area contributed by atoms with Crippen molar-refractivity contribution in [2.45, 2.75) is 19.4 Å². The first-order chi connectivity index (χ1) is 5.78. The molecule has 0 heterocycles. The molecule has 0 amide bonds. The van der Waals surface area contributed by atoms with Crippen LogP contribution >= 0.6 is 0 Å². The average Bonchev–Trinajstić information content (AvgIpc) is 1.98. The van der Waals surface area contributed by atoms with Crippen molar-refractivity contribution in [1.82, 2.24) is 0 Å². The molecule has 1 unspecified atom stereocenters. The van der Waals surface area contributed by atoms with Crippen LogP contribution in [0, 0.1) is 0 Å². The van der Waals surface area contributed by atoms with Gasteiger partial charge in [-0.2, -0.15) is 8.42 Å². The molecule has 13 heavy (non-hydrogen) atoms. The summed E-state index contributed by atoms with van der Waals surface area (Å²) in [5, 5.41) is 9.10. The largest absolute Gasteiger partial charge is 0.388 e. The van der Waals surface area contributed by atoms with E-state index in [0.717, 1.165) is 6.26 Å². The molecule has 0 spiro atoms. The molecule has 0 aromatic heterocycles. The Bertz CT molecular complexity index is 303. The molecule has 0 saturated carbocycles. The van der Waals surface area contributed by atoms with Crippen molar-refractivity contribution in [3.05, 3.63) is 12.2 Å². The van der Waals surface area contributed by atoms with E-state index in [0.29, 0.717) is 0 Å². The SMILES string of the molecule is C=C(C(=O)OS(C)(=O)=O)C(O)CC. The molecule has 76 valence electrons. The quantitative estimate of drug-likeness (QED) is 0.512. The van der Waals surface area contributed by atoms with E-state index in [-0.39, 0.29) is 12.0 Å². The van der Waals surface area contributed by atoms with Crippen LogP contribution in [0.15, 0.2) is 12.2 Å². The smallest absolute Gasteiger partial charge is 0.351 e. The first-order valence-electron chi connectivity index (χ1n) is 3.58. The molecule has 0 fully saturated rings. The Kier molecular flexibility index (Phi) is 4.09. The van der Waals surface area contributed by atoms with Gasteiger partial charge < -0.3 is 9.29 Å². The van der Waals surface area contributed by atoms with Crippen molar-refractivity contribution in [3.63, 3.8) is 0 Å². The van der Waals surface area contributed by atoms with Gasteiger partial charge in [0, 0.05) is 0 Å². The molecule has 0 aliphatic heterocycles. The molecule has 1 N–H and O–H groups in total. The minimum absolute atomic E-state index is 0.257. The maximum absolute atomic E-state index is 10.9. The highest BCUT2D eigenvalue weighted by Gasteiger charge is 2.19. The summed E-state index contributed by atoms with van der Waals surface area (Å²) in [6, 6.07) is 0. The monoisotopic (exact) mass is 208 g/mol. The number of hydrogen-bond donors (Lipinski definition) is 1. The molecule has 0 bridgehead atoms. The highest BCUT2D eigenvalue weighted by atomic mass is 32.2. The van der Waals surface area contributed by atoms with Crippen LogP contribution in [-0.2, 0) is 19.1 Å². The van der Waals surface area contributed by atoms with Crippen molar-refractivity contribution in [1.29, 1.82) is 0 Å². The van der Waals surface area contributed by atoms with Gasteiger partial charge in [0.2, 0.25) is 0 Å². The van der Waals surface area contributed by atoms with Crippen LogP contribution in [0.25, 0.3) is 0 Å². The lowest BCUT2D eigenvalue weighted by molar-refractivity contribution is -0.130. The van der Waals surface area contributed by atoms with Crippen molar-refractivity contribution < 1.29 is 22.5 Å². The summed E-state index contributed by atoms with van der Waals surface area (Å²) in [5.41, 5.74) is -0.257. The molecule has 0 aliphatic carbocycles. The Morgan fingerprint density at radius 3 is 2.38 bits per heavy atom. The lowest BCUT2D eigenvalue weighted by Gasteiger charge is -2.08. The van der Waals surface area contributed by atoms with E-state index in [1.165, 1.54) is 0 Å². The number of carbonyl (C=O) groups is 1. The molecule has 0 aliphatic rings. The van der Waals surface area contributed by atoms with E-state index in [1.807, 2.05) is 0 Å². The van der Waals surface area contributed by atoms with E-state index in [4.69, 9.17) is 5.11 Å². The number of carbonyl (C=O) groups excluding carboxylic acids is 1. The summed E-state index contributed by atoms with van der Waals surface area (Å²) in [6.45, 7) is 4.85. The van der Waals surface area contributed by atoms with Gasteiger partial charge in [0.05, 0.1) is 17.9 Å². The van der Waals surface area contributed by atoms with Gasteiger partial charge in [-0.15, -0.1) is 0 Å². The molecule has 5 nitrogen and oxygen atoms in total. The fourth-order valence-electron chi connectivity index (χ4n) is 0.573. The zero-order chi connectivity index (χ0) is 10.6. The molecule has 1 atom stereocenters. The number of aliphatic hydroxyl groups is 1. The minimum Gasteiger partial charge on any atom is -0.388 e. The normalized spacial score (nSPS) is 13.5. The Labute approximate surface area is 77.1 Å². The Morgan fingerprint density at radius 2 is 2.08 bits per heavy atom. The fourth-order valence-corrected chi connectivity index (χ4v) is 0.955. The Morgan fingerprint density at radius 1 is 1.62 bits per heavy atom. The molecule has 0 aromatic carbocycles. The summed E-state index contributed by atoms with van der Waals surface area (Å²) < 4.78 is 25.0. The van der Waals surface area contributed by atoms with Crippen LogP contribution in [0.1, 0.15) is 13.3 Å². The lowest BCUT2D eigenvalue weighted by atomic mass is 10.1. The summed E-state index contributed by atoms with van der Waals surface area (Å²) in [6.07, 6.45) is -0.0389. The third-order valence-electron chi connectivity index (χ3n) is 1.28. The highest BCUT2D eigenvalue weighted by molar-refractivity contribution is 7.86. The number of hydrogen-bond acceptors (Lipinski definition) is 5. The van der Waals surface area contributed by atoms with Gasteiger partial charge in [0.1, 0.15) is 0 Å². The summed E-state index contributed by atoms with van der Waals surface area (Å²) in [7, 11) is -3.83. The van der Waals surface area contributed by atoms with Gasteiger partial charge in [0.15, 0.2) is 0 Å². The zero-order valence-electron chi connectivity index (χ0n) is 7.48. The Hall–Kier alpha value is -0.880. The number of rotatable bonds is 4. The van der Waals surface area contributed by atoms with Crippen LogP contribution in [0.3, 0.4) is 0 Å². The summed E-state index contributed by atoms with van der Waals surface area (Å²) in [5.74, 6) is -1.11. The highest BCUT2D eigenvalue weighted by Crippen LogP contribution is 2.07. The predicted octanol–water partition coefficient (Wildman–Crippen LogP) is -0.184. The summed E-state index contributed by atoms with van der Waals surface area (Å²) >= 11 is 0. The van der Waals surface area contributed by atoms with Crippen LogP contribution in [0.2, 0.25) is 0 Å². The van der Waals surface area contributed by atoms with E-state index in [9.17, 15) is 13.2 Å². The minimum atomic E-state index is -3.83. The third kappa shape index (κ3) is 4.64. The molecular weight excluding hydrogens is 196 g/mol. The zero-order valence-corrected chi connectivity index (χ0v) is 8.30. The predicted molar refractivity (Wildman–Crippen MR) is 46.4 cm³/mol. The molecule has 0 rings (SSSR count). The average molecular weight is 208 g/mol. The van der Waals surface area contributed by atoms with Crippen molar-refractivity contribution in [2.24, 2.45) is 0 Å². The Balaban J connectivity index is 4.38. The van der Waals surface area contributed by atoms with Gasteiger partial charge in [-0.05, 0) is 6.42 Å². The standard InChI is InChI=1S/C7H12O5S/c1-4-6(8)5(2)7(9)12-13(3,10)11/h6,8H,2,4H2,1,3H3. The van der Waals surface area contributed by atoms with E-state index >= 15 is 0 Å². The maximum Gasteiger partial charge on any atom is 0.351 e. The molecule has 0 aromatic rings. The second kappa shape index (κ2) is 4.38.